The first kappa shape index (κ1) is 12.0. The fourth-order valence-electron chi connectivity index (χ4n) is 1.74. The van der Waals surface area contributed by atoms with Gasteiger partial charge >= 0.3 is 0 Å². The van der Waals surface area contributed by atoms with E-state index in [-0.39, 0.29) is 0 Å². The number of rotatable bonds is 6. The fraction of sp³-hybridized carbons (Fsp3) is 0.429. The molecule has 1 rings (SSSR count). The summed E-state index contributed by atoms with van der Waals surface area (Å²) < 4.78 is 0. The van der Waals surface area contributed by atoms with E-state index in [4.69, 9.17) is 0 Å². The van der Waals surface area contributed by atoms with Gasteiger partial charge in [-0.3, -0.25) is 0 Å². The van der Waals surface area contributed by atoms with E-state index in [2.05, 4.69) is 50.0 Å². The monoisotopic (exact) mass is 203 g/mol. The Labute approximate surface area is 93.2 Å². The van der Waals surface area contributed by atoms with Crippen LogP contribution in [0.25, 0.3) is 0 Å². The van der Waals surface area contributed by atoms with E-state index in [0.29, 0.717) is 12.1 Å². The van der Waals surface area contributed by atoms with Crippen molar-refractivity contribution in [3.8, 4) is 0 Å². The van der Waals surface area contributed by atoms with E-state index in [1.165, 1.54) is 12.0 Å². The van der Waals surface area contributed by atoms with Crippen LogP contribution in [0.5, 0.6) is 0 Å². The molecule has 0 aliphatic carbocycles. The van der Waals surface area contributed by atoms with E-state index < -0.39 is 0 Å². The molecular formula is C14H21N. The van der Waals surface area contributed by atoms with Crippen molar-refractivity contribution in [2.45, 2.75) is 38.8 Å². The maximum Gasteiger partial charge on any atom is 0.0297 e. The molecule has 1 heteroatoms. The van der Waals surface area contributed by atoms with Gasteiger partial charge in [0.2, 0.25) is 0 Å². The third-order valence-corrected chi connectivity index (χ3v) is 2.65. The quantitative estimate of drug-likeness (QED) is 0.695. The maximum absolute atomic E-state index is 3.86. The highest BCUT2D eigenvalue weighted by Crippen LogP contribution is 2.13. The summed E-state index contributed by atoms with van der Waals surface area (Å²) >= 11 is 0. The Morgan fingerprint density at radius 1 is 1.33 bits per heavy atom. The molecular weight excluding hydrogens is 182 g/mol. The van der Waals surface area contributed by atoms with Gasteiger partial charge in [0.15, 0.2) is 0 Å². The maximum atomic E-state index is 3.86. The molecule has 15 heavy (non-hydrogen) atoms. The minimum absolute atomic E-state index is 0.390. The molecule has 1 aromatic rings. The van der Waals surface area contributed by atoms with Crippen molar-refractivity contribution in [2.24, 2.45) is 0 Å². The van der Waals surface area contributed by atoms with Crippen LogP contribution >= 0.6 is 0 Å². The summed E-state index contributed by atoms with van der Waals surface area (Å²) in [5.74, 6) is 0. The first-order valence-electron chi connectivity index (χ1n) is 5.71. The zero-order valence-corrected chi connectivity index (χ0v) is 9.74. The van der Waals surface area contributed by atoms with Crippen molar-refractivity contribution >= 4 is 0 Å². The van der Waals surface area contributed by atoms with Crippen molar-refractivity contribution in [3.05, 3.63) is 48.6 Å². The van der Waals surface area contributed by atoms with Crippen molar-refractivity contribution < 1.29 is 0 Å². The van der Waals surface area contributed by atoms with Gasteiger partial charge in [0.25, 0.3) is 0 Å². The van der Waals surface area contributed by atoms with Gasteiger partial charge in [-0.25, -0.2) is 0 Å². The molecule has 2 atom stereocenters. The molecule has 0 aromatic heterocycles. The first-order chi connectivity index (χ1) is 7.27. The normalized spacial score (nSPS) is 14.5. The van der Waals surface area contributed by atoms with Gasteiger partial charge in [0.05, 0.1) is 0 Å². The van der Waals surface area contributed by atoms with Crippen LogP contribution in [0.1, 0.15) is 38.3 Å². The Balaban J connectivity index is 2.54. The summed E-state index contributed by atoms with van der Waals surface area (Å²) in [6, 6.07) is 11.3. The average molecular weight is 203 g/mol. The SMILES string of the molecule is C=C[C@@H](CCC)N[C@H](C)c1ccccc1. The summed E-state index contributed by atoms with van der Waals surface area (Å²) in [4.78, 5) is 0. The van der Waals surface area contributed by atoms with E-state index in [9.17, 15) is 0 Å². The van der Waals surface area contributed by atoms with Gasteiger partial charge in [0.1, 0.15) is 0 Å². The molecule has 82 valence electrons. The second kappa shape index (κ2) is 6.41. The van der Waals surface area contributed by atoms with Gasteiger partial charge < -0.3 is 5.32 Å². The van der Waals surface area contributed by atoms with Crippen LogP contribution in [-0.4, -0.2) is 6.04 Å². The lowest BCUT2D eigenvalue weighted by atomic mass is 10.1. The predicted molar refractivity (Wildman–Crippen MR) is 66.9 cm³/mol. The molecule has 0 radical (unpaired) electrons. The Kier molecular flexibility index (Phi) is 5.13. The predicted octanol–water partition coefficient (Wildman–Crippen LogP) is 3.69. The highest BCUT2D eigenvalue weighted by Gasteiger charge is 2.08. The first-order valence-corrected chi connectivity index (χ1v) is 5.71. The van der Waals surface area contributed by atoms with Crippen molar-refractivity contribution in [2.75, 3.05) is 0 Å². The number of nitrogens with one attached hydrogen (secondary N) is 1. The largest absolute Gasteiger partial charge is 0.304 e. The molecule has 0 amide bonds. The highest BCUT2D eigenvalue weighted by atomic mass is 14.9. The summed E-state index contributed by atoms with van der Waals surface area (Å²) in [6.07, 6.45) is 4.34. The number of hydrogen-bond acceptors (Lipinski definition) is 1. The Hall–Kier alpha value is -1.08. The van der Waals surface area contributed by atoms with Crippen molar-refractivity contribution in [1.82, 2.24) is 5.32 Å². The lowest BCUT2D eigenvalue weighted by Gasteiger charge is -2.20. The third kappa shape index (κ3) is 3.88. The Bertz CT molecular complexity index is 279. The van der Waals surface area contributed by atoms with Crippen LogP contribution in [0.2, 0.25) is 0 Å². The number of hydrogen-bond donors (Lipinski definition) is 1. The Morgan fingerprint density at radius 2 is 2.00 bits per heavy atom. The standard InChI is InChI=1S/C14H21N/c1-4-9-14(5-2)15-12(3)13-10-7-6-8-11-13/h5-8,10-12,14-15H,2,4,9H2,1,3H3/t12-,14+/m1/s1. The van der Waals surface area contributed by atoms with Crippen LogP contribution in [0.3, 0.4) is 0 Å². The fourth-order valence-corrected chi connectivity index (χ4v) is 1.74. The third-order valence-electron chi connectivity index (χ3n) is 2.65. The second-order valence-electron chi connectivity index (χ2n) is 3.93. The van der Waals surface area contributed by atoms with Crippen LogP contribution in [0.4, 0.5) is 0 Å². The average Bonchev–Trinajstić information content (AvgIpc) is 2.29. The Morgan fingerprint density at radius 3 is 2.53 bits per heavy atom. The summed E-state index contributed by atoms with van der Waals surface area (Å²) in [5, 5.41) is 3.57. The smallest absolute Gasteiger partial charge is 0.0297 e. The van der Waals surface area contributed by atoms with Gasteiger partial charge in [-0.05, 0) is 18.9 Å². The van der Waals surface area contributed by atoms with E-state index in [1.54, 1.807) is 0 Å². The molecule has 0 aliphatic heterocycles. The minimum Gasteiger partial charge on any atom is -0.304 e. The lowest BCUT2D eigenvalue weighted by Crippen LogP contribution is -2.29. The second-order valence-corrected chi connectivity index (χ2v) is 3.93. The van der Waals surface area contributed by atoms with E-state index in [1.807, 2.05) is 12.1 Å². The minimum atomic E-state index is 0.390. The molecule has 0 fully saturated rings. The van der Waals surface area contributed by atoms with Crippen LogP contribution in [-0.2, 0) is 0 Å². The molecule has 1 aromatic carbocycles. The molecule has 0 saturated carbocycles. The molecule has 0 heterocycles. The van der Waals surface area contributed by atoms with Gasteiger partial charge in [-0.15, -0.1) is 6.58 Å². The molecule has 0 unspecified atom stereocenters. The van der Waals surface area contributed by atoms with E-state index in [0.717, 1.165) is 6.42 Å². The highest BCUT2D eigenvalue weighted by molar-refractivity contribution is 5.18. The molecule has 0 spiro atoms. The summed E-state index contributed by atoms with van der Waals surface area (Å²) in [7, 11) is 0. The lowest BCUT2D eigenvalue weighted by molar-refractivity contribution is 0.485. The van der Waals surface area contributed by atoms with Crippen LogP contribution in [0, 0.1) is 0 Å². The molecule has 0 bridgehead atoms. The van der Waals surface area contributed by atoms with Gasteiger partial charge in [-0.1, -0.05) is 49.8 Å². The van der Waals surface area contributed by atoms with Gasteiger partial charge in [-0.2, -0.15) is 0 Å². The van der Waals surface area contributed by atoms with E-state index >= 15 is 0 Å². The summed E-state index contributed by atoms with van der Waals surface area (Å²) in [6.45, 7) is 8.26. The van der Waals surface area contributed by atoms with Gasteiger partial charge in [0, 0.05) is 12.1 Å². The van der Waals surface area contributed by atoms with Crippen molar-refractivity contribution in [3.63, 3.8) is 0 Å². The zero-order chi connectivity index (χ0) is 11.1. The summed E-state index contributed by atoms with van der Waals surface area (Å²) in [5.41, 5.74) is 1.33. The molecule has 0 saturated heterocycles. The zero-order valence-electron chi connectivity index (χ0n) is 9.74. The molecule has 1 nitrogen and oxygen atoms in total. The topological polar surface area (TPSA) is 12.0 Å². The number of benzene rings is 1. The molecule has 1 N–H and O–H groups in total. The van der Waals surface area contributed by atoms with Crippen LogP contribution < -0.4 is 5.32 Å². The van der Waals surface area contributed by atoms with Crippen LogP contribution in [0.15, 0.2) is 43.0 Å². The molecule has 0 aliphatic rings. The van der Waals surface area contributed by atoms with Crippen molar-refractivity contribution in [1.29, 1.82) is 0 Å².